The zero-order valence-electron chi connectivity index (χ0n) is 9.95. The first-order valence-electron chi connectivity index (χ1n) is 5.42. The molecular weight excluding hydrogens is 269 g/mol. The third-order valence-electron chi connectivity index (χ3n) is 2.43. The summed E-state index contributed by atoms with van der Waals surface area (Å²) in [6.45, 7) is 0. The SMILES string of the molecule is O=C(O)c1ccc(Oc2cccc(F)c2)c([N+](=O)[O-])c1. The lowest BCUT2D eigenvalue weighted by Crippen LogP contribution is -2.00. The number of nitrogens with zero attached hydrogens (tertiary/aromatic N) is 1. The van der Waals surface area contributed by atoms with E-state index in [2.05, 4.69) is 0 Å². The standard InChI is InChI=1S/C13H8FNO5/c14-9-2-1-3-10(7-9)20-12-5-4-8(13(16)17)6-11(12)15(18)19/h1-7H,(H,16,17). The molecule has 7 heteroatoms. The van der Waals surface area contributed by atoms with Crippen LogP contribution in [0, 0.1) is 15.9 Å². The number of halogens is 1. The van der Waals surface area contributed by atoms with Crippen LogP contribution in [0.5, 0.6) is 11.5 Å². The van der Waals surface area contributed by atoms with Crippen LogP contribution in [0.1, 0.15) is 10.4 Å². The topological polar surface area (TPSA) is 89.7 Å². The van der Waals surface area contributed by atoms with Gasteiger partial charge in [-0.25, -0.2) is 9.18 Å². The van der Waals surface area contributed by atoms with E-state index in [-0.39, 0.29) is 17.1 Å². The molecule has 0 aliphatic heterocycles. The number of nitro groups is 1. The van der Waals surface area contributed by atoms with Gasteiger partial charge in [-0.2, -0.15) is 0 Å². The molecule has 102 valence electrons. The Morgan fingerprint density at radius 1 is 1.25 bits per heavy atom. The molecule has 0 aliphatic rings. The molecule has 0 fully saturated rings. The number of rotatable bonds is 4. The quantitative estimate of drug-likeness (QED) is 0.684. The van der Waals surface area contributed by atoms with Crippen LogP contribution >= 0.6 is 0 Å². The van der Waals surface area contributed by atoms with E-state index in [1.54, 1.807) is 0 Å². The molecule has 0 spiro atoms. The van der Waals surface area contributed by atoms with Crippen molar-refractivity contribution < 1.29 is 24.0 Å². The molecule has 0 saturated heterocycles. The van der Waals surface area contributed by atoms with Gasteiger partial charge in [0.25, 0.3) is 0 Å². The number of carbonyl (C=O) groups is 1. The minimum absolute atomic E-state index is 0.0798. The van der Waals surface area contributed by atoms with Crippen molar-refractivity contribution in [1.82, 2.24) is 0 Å². The Balaban J connectivity index is 2.41. The van der Waals surface area contributed by atoms with Crippen molar-refractivity contribution in [3.8, 4) is 11.5 Å². The lowest BCUT2D eigenvalue weighted by molar-refractivity contribution is -0.385. The Labute approximate surface area is 112 Å². The van der Waals surface area contributed by atoms with Gasteiger partial charge in [-0.1, -0.05) is 6.07 Å². The van der Waals surface area contributed by atoms with Gasteiger partial charge in [0.15, 0.2) is 0 Å². The molecule has 2 rings (SSSR count). The van der Waals surface area contributed by atoms with Crippen LogP contribution in [0.3, 0.4) is 0 Å². The molecule has 0 radical (unpaired) electrons. The molecule has 0 saturated carbocycles. The maximum Gasteiger partial charge on any atom is 0.335 e. The second-order valence-corrected chi connectivity index (χ2v) is 3.80. The van der Waals surface area contributed by atoms with E-state index in [9.17, 15) is 19.3 Å². The highest BCUT2D eigenvalue weighted by Gasteiger charge is 2.19. The average Bonchev–Trinajstić information content (AvgIpc) is 2.38. The molecular formula is C13H8FNO5. The fourth-order valence-corrected chi connectivity index (χ4v) is 1.54. The van der Waals surface area contributed by atoms with Crippen LogP contribution in [-0.2, 0) is 0 Å². The predicted octanol–water partition coefficient (Wildman–Crippen LogP) is 3.22. The van der Waals surface area contributed by atoms with Gasteiger partial charge in [-0.15, -0.1) is 0 Å². The highest BCUT2D eigenvalue weighted by Crippen LogP contribution is 2.32. The Hall–Kier alpha value is -2.96. The summed E-state index contributed by atoms with van der Waals surface area (Å²) in [5.41, 5.74) is -0.738. The lowest BCUT2D eigenvalue weighted by atomic mass is 10.2. The summed E-state index contributed by atoms with van der Waals surface area (Å²) < 4.78 is 18.2. The van der Waals surface area contributed by atoms with Crippen LogP contribution in [0.15, 0.2) is 42.5 Å². The molecule has 2 aromatic carbocycles. The summed E-state index contributed by atoms with van der Waals surface area (Å²) in [6.07, 6.45) is 0. The maximum absolute atomic E-state index is 13.0. The van der Waals surface area contributed by atoms with E-state index in [0.717, 1.165) is 18.2 Å². The number of hydrogen-bond acceptors (Lipinski definition) is 4. The van der Waals surface area contributed by atoms with Crippen LogP contribution < -0.4 is 4.74 Å². The number of benzene rings is 2. The van der Waals surface area contributed by atoms with E-state index in [4.69, 9.17) is 9.84 Å². The third-order valence-corrected chi connectivity index (χ3v) is 2.43. The van der Waals surface area contributed by atoms with E-state index >= 15 is 0 Å². The van der Waals surface area contributed by atoms with Crippen LogP contribution in [0.2, 0.25) is 0 Å². The van der Waals surface area contributed by atoms with Crippen LogP contribution in [0.25, 0.3) is 0 Å². The van der Waals surface area contributed by atoms with Crippen molar-refractivity contribution in [3.05, 3.63) is 64.0 Å². The number of ether oxygens (including phenoxy) is 1. The Morgan fingerprint density at radius 2 is 2.00 bits per heavy atom. The summed E-state index contributed by atoms with van der Waals surface area (Å²) in [5, 5.41) is 19.7. The molecule has 0 atom stereocenters. The van der Waals surface area contributed by atoms with Crippen LogP contribution in [0.4, 0.5) is 10.1 Å². The van der Waals surface area contributed by atoms with Gasteiger partial charge < -0.3 is 9.84 Å². The van der Waals surface area contributed by atoms with Crippen molar-refractivity contribution in [1.29, 1.82) is 0 Å². The fourth-order valence-electron chi connectivity index (χ4n) is 1.54. The summed E-state index contributed by atoms with van der Waals surface area (Å²) in [5.74, 6) is -1.92. The van der Waals surface area contributed by atoms with Crippen molar-refractivity contribution in [2.75, 3.05) is 0 Å². The zero-order chi connectivity index (χ0) is 14.7. The monoisotopic (exact) mass is 277 g/mol. The highest BCUT2D eigenvalue weighted by molar-refractivity contribution is 5.88. The first kappa shape index (κ1) is 13.5. The Kier molecular flexibility index (Phi) is 3.60. The Morgan fingerprint density at radius 3 is 2.60 bits per heavy atom. The van der Waals surface area contributed by atoms with Gasteiger partial charge in [-0.3, -0.25) is 10.1 Å². The van der Waals surface area contributed by atoms with Crippen molar-refractivity contribution in [2.24, 2.45) is 0 Å². The fraction of sp³-hybridized carbons (Fsp3) is 0. The first-order chi connectivity index (χ1) is 9.47. The summed E-state index contributed by atoms with van der Waals surface area (Å²) in [6, 6.07) is 8.30. The number of nitro benzene ring substituents is 1. The van der Waals surface area contributed by atoms with Gasteiger partial charge in [0.05, 0.1) is 10.5 Å². The first-order valence-corrected chi connectivity index (χ1v) is 5.42. The molecule has 0 heterocycles. The van der Waals surface area contributed by atoms with Gasteiger partial charge >= 0.3 is 11.7 Å². The summed E-state index contributed by atoms with van der Waals surface area (Å²) in [4.78, 5) is 20.9. The normalized spacial score (nSPS) is 10.1. The van der Waals surface area contributed by atoms with E-state index < -0.39 is 22.4 Å². The lowest BCUT2D eigenvalue weighted by Gasteiger charge is -2.06. The van der Waals surface area contributed by atoms with Gasteiger partial charge in [0.1, 0.15) is 11.6 Å². The molecule has 0 aromatic heterocycles. The Bertz CT molecular complexity index is 686. The van der Waals surface area contributed by atoms with Crippen molar-refractivity contribution >= 4 is 11.7 Å². The number of carboxylic acid groups (broad SMARTS) is 1. The average molecular weight is 277 g/mol. The molecule has 0 unspecified atom stereocenters. The second kappa shape index (κ2) is 5.35. The minimum Gasteiger partial charge on any atom is -0.478 e. The predicted molar refractivity (Wildman–Crippen MR) is 66.5 cm³/mol. The maximum atomic E-state index is 13.0. The smallest absolute Gasteiger partial charge is 0.335 e. The molecule has 0 amide bonds. The van der Waals surface area contributed by atoms with Gasteiger partial charge in [0.2, 0.25) is 5.75 Å². The van der Waals surface area contributed by atoms with E-state index in [0.29, 0.717) is 0 Å². The largest absolute Gasteiger partial charge is 0.478 e. The van der Waals surface area contributed by atoms with E-state index in [1.165, 1.54) is 24.3 Å². The van der Waals surface area contributed by atoms with Crippen molar-refractivity contribution in [2.45, 2.75) is 0 Å². The molecule has 0 bridgehead atoms. The van der Waals surface area contributed by atoms with Gasteiger partial charge in [0, 0.05) is 12.1 Å². The molecule has 2 aromatic rings. The van der Waals surface area contributed by atoms with E-state index in [1.807, 2.05) is 0 Å². The third kappa shape index (κ3) is 2.89. The number of hydrogen-bond donors (Lipinski definition) is 1. The molecule has 1 N–H and O–H groups in total. The second-order valence-electron chi connectivity index (χ2n) is 3.80. The highest BCUT2D eigenvalue weighted by atomic mass is 19.1. The van der Waals surface area contributed by atoms with Gasteiger partial charge in [-0.05, 0) is 24.3 Å². The number of aromatic carboxylic acids is 1. The summed E-state index contributed by atoms with van der Waals surface area (Å²) in [7, 11) is 0. The molecule has 20 heavy (non-hydrogen) atoms. The summed E-state index contributed by atoms with van der Waals surface area (Å²) >= 11 is 0. The van der Waals surface area contributed by atoms with Crippen LogP contribution in [-0.4, -0.2) is 16.0 Å². The number of carboxylic acids is 1. The minimum atomic E-state index is -1.29. The molecule has 6 nitrogen and oxygen atoms in total. The zero-order valence-corrected chi connectivity index (χ0v) is 9.95. The van der Waals surface area contributed by atoms with Crippen molar-refractivity contribution in [3.63, 3.8) is 0 Å². The molecule has 0 aliphatic carbocycles.